The van der Waals surface area contributed by atoms with E-state index in [4.69, 9.17) is 0 Å². The van der Waals surface area contributed by atoms with Crippen molar-refractivity contribution in [3.05, 3.63) is 54.1 Å². The minimum Gasteiger partial charge on any atom is -0.507 e. The predicted octanol–water partition coefficient (Wildman–Crippen LogP) is 3.34. The molecular weight excluding hydrogens is 287 g/mol. The molecule has 2 aromatic carbocycles. The van der Waals surface area contributed by atoms with E-state index in [0.717, 1.165) is 12.1 Å². The standard InChI is InChI=1S/C14H9F3NO3/c15-14(16,17)21-10-5-3-4-9(8-10)18-13(20)11-6-1-2-7-12(11)19/h2-8,19H,(H,18,20). The highest BCUT2D eigenvalue weighted by atomic mass is 19.4. The quantitative estimate of drug-likeness (QED) is 0.913. The number of phenols is 1. The molecule has 1 amide bonds. The van der Waals surface area contributed by atoms with Crippen LogP contribution in [0, 0.1) is 6.07 Å². The Morgan fingerprint density at radius 3 is 2.71 bits per heavy atom. The maximum absolute atomic E-state index is 12.1. The highest BCUT2D eigenvalue weighted by Gasteiger charge is 2.31. The number of hydrogen-bond acceptors (Lipinski definition) is 3. The van der Waals surface area contributed by atoms with Gasteiger partial charge in [-0.3, -0.25) is 4.79 Å². The first-order chi connectivity index (χ1) is 9.85. The van der Waals surface area contributed by atoms with Gasteiger partial charge in [0.15, 0.2) is 0 Å². The molecule has 0 spiro atoms. The number of anilines is 1. The van der Waals surface area contributed by atoms with Crippen LogP contribution in [0.2, 0.25) is 0 Å². The van der Waals surface area contributed by atoms with Gasteiger partial charge < -0.3 is 15.2 Å². The third-order valence-electron chi connectivity index (χ3n) is 2.41. The van der Waals surface area contributed by atoms with Crippen molar-refractivity contribution in [3.63, 3.8) is 0 Å². The molecule has 0 aromatic heterocycles. The number of alkyl halides is 3. The molecule has 0 saturated heterocycles. The lowest BCUT2D eigenvalue weighted by Gasteiger charge is -2.11. The Hall–Kier alpha value is -2.70. The summed E-state index contributed by atoms with van der Waals surface area (Å²) >= 11 is 0. The fraction of sp³-hybridized carbons (Fsp3) is 0.0714. The van der Waals surface area contributed by atoms with Gasteiger partial charge in [0.25, 0.3) is 5.91 Å². The summed E-state index contributed by atoms with van der Waals surface area (Å²) in [5.74, 6) is -1.38. The summed E-state index contributed by atoms with van der Waals surface area (Å²) in [6.45, 7) is 0. The van der Waals surface area contributed by atoms with E-state index >= 15 is 0 Å². The van der Waals surface area contributed by atoms with Crippen molar-refractivity contribution in [2.75, 3.05) is 5.32 Å². The van der Waals surface area contributed by atoms with Crippen LogP contribution in [0.5, 0.6) is 11.5 Å². The predicted molar refractivity (Wildman–Crippen MR) is 68.0 cm³/mol. The lowest BCUT2D eigenvalue weighted by molar-refractivity contribution is -0.274. The minimum atomic E-state index is -4.81. The van der Waals surface area contributed by atoms with Crippen LogP contribution < -0.4 is 10.1 Å². The number of rotatable bonds is 3. The van der Waals surface area contributed by atoms with Gasteiger partial charge in [0, 0.05) is 11.8 Å². The molecule has 4 nitrogen and oxygen atoms in total. The van der Waals surface area contributed by atoms with Crippen LogP contribution in [-0.2, 0) is 0 Å². The number of aromatic hydroxyl groups is 1. The zero-order valence-corrected chi connectivity index (χ0v) is 10.4. The number of phenolic OH excluding ortho intramolecular Hbond substituents is 1. The fourth-order valence-electron chi connectivity index (χ4n) is 1.57. The van der Waals surface area contributed by atoms with Gasteiger partial charge in [0.1, 0.15) is 11.5 Å². The molecule has 0 aliphatic heterocycles. The molecule has 0 heterocycles. The number of amides is 1. The zero-order chi connectivity index (χ0) is 15.5. The Morgan fingerprint density at radius 2 is 2.05 bits per heavy atom. The van der Waals surface area contributed by atoms with Crippen LogP contribution in [0.3, 0.4) is 0 Å². The smallest absolute Gasteiger partial charge is 0.507 e. The highest BCUT2D eigenvalue weighted by molar-refractivity contribution is 6.06. The molecular formula is C14H9F3NO3. The van der Waals surface area contributed by atoms with Crippen LogP contribution in [0.1, 0.15) is 10.4 Å². The average Bonchev–Trinajstić information content (AvgIpc) is 2.37. The number of nitrogens with one attached hydrogen (secondary N) is 1. The van der Waals surface area contributed by atoms with Gasteiger partial charge >= 0.3 is 6.36 Å². The lowest BCUT2D eigenvalue weighted by Crippen LogP contribution is -2.17. The van der Waals surface area contributed by atoms with Crippen LogP contribution in [0.4, 0.5) is 18.9 Å². The van der Waals surface area contributed by atoms with Crippen molar-refractivity contribution in [3.8, 4) is 11.5 Å². The van der Waals surface area contributed by atoms with Crippen molar-refractivity contribution in [2.24, 2.45) is 0 Å². The van der Waals surface area contributed by atoms with Crippen molar-refractivity contribution in [1.82, 2.24) is 0 Å². The van der Waals surface area contributed by atoms with E-state index in [9.17, 15) is 23.1 Å². The number of hydrogen-bond donors (Lipinski definition) is 2. The van der Waals surface area contributed by atoms with E-state index in [1.165, 1.54) is 30.3 Å². The summed E-state index contributed by atoms with van der Waals surface area (Å²) in [6, 6.07) is 11.4. The third kappa shape index (κ3) is 4.13. The van der Waals surface area contributed by atoms with Gasteiger partial charge in [0.2, 0.25) is 0 Å². The van der Waals surface area contributed by atoms with Crippen molar-refractivity contribution in [1.29, 1.82) is 0 Å². The van der Waals surface area contributed by atoms with E-state index in [0.29, 0.717) is 0 Å². The first-order valence-corrected chi connectivity index (χ1v) is 5.71. The van der Waals surface area contributed by atoms with Gasteiger partial charge in [-0.05, 0) is 30.3 Å². The van der Waals surface area contributed by atoms with E-state index < -0.39 is 18.0 Å². The number of carbonyl (C=O) groups is 1. The SMILES string of the molecule is O=C(Nc1cccc(OC(F)(F)F)c1)c1c[c]ccc1O. The molecule has 0 unspecified atom stereocenters. The largest absolute Gasteiger partial charge is 0.573 e. The topological polar surface area (TPSA) is 58.6 Å². The average molecular weight is 296 g/mol. The second-order valence-corrected chi connectivity index (χ2v) is 3.97. The van der Waals surface area contributed by atoms with Crippen molar-refractivity contribution >= 4 is 11.6 Å². The molecule has 2 aromatic rings. The van der Waals surface area contributed by atoms with E-state index in [2.05, 4.69) is 16.1 Å². The van der Waals surface area contributed by atoms with Gasteiger partial charge in [-0.15, -0.1) is 13.2 Å². The van der Waals surface area contributed by atoms with Crippen LogP contribution in [0.25, 0.3) is 0 Å². The summed E-state index contributed by atoms with van der Waals surface area (Å²) < 4.78 is 40.1. The normalized spacial score (nSPS) is 11.0. The summed E-state index contributed by atoms with van der Waals surface area (Å²) in [7, 11) is 0. The van der Waals surface area contributed by atoms with Gasteiger partial charge in [-0.2, -0.15) is 0 Å². The minimum absolute atomic E-state index is 0.0420. The molecule has 109 valence electrons. The van der Waals surface area contributed by atoms with Gasteiger partial charge in [0.05, 0.1) is 5.56 Å². The molecule has 21 heavy (non-hydrogen) atoms. The summed E-state index contributed by atoms with van der Waals surface area (Å²) in [5.41, 5.74) is 0.0599. The Labute approximate surface area is 117 Å². The fourth-order valence-corrected chi connectivity index (χ4v) is 1.57. The lowest BCUT2D eigenvalue weighted by atomic mass is 10.2. The van der Waals surface area contributed by atoms with Gasteiger partial charge in [-0.1, -0.05) is 12.1 Å². The monoisotopic (exact) mass is 296 g/mol. The molecule has 2 rings (SSSR count). The molecule has 1 radical (unpaired) electrons. The zero-order valence-electron chi connectivity index (χ0n) is 10.4. The molecule has 0 fully saturated rings. The molecule has 2 N–H and O–H groups in total. The van der Waals surface area contributed by atoms with Crippen LogP contribution in [0.15, 0.2) is 42.5 Å². The number of benzene rings is 2. The van der Waals surface area contributed by atoms with Crippen molar-refractivity contribution < 1.29 is 27.8 Å². The maximum Gasteiger partial charge on any atom is 0.573 e. The van der Waals surface area contributed by atoms with E-state index in [1.807, 2.05) is 0 Å². The summed E-state index contributed by atoms with van der Waals surface area (Å²) in [5, 5.41) is 11.9. The Bertz CT molecular complexity index is 656. The maximum atomic E-state index is 12.1. The summed E-state index contributed by atoms with van der Waals surface area (Å²) in [6.07, 6.45) is -4.81. The van der Waals surface area contributed by atoms with Crippen molar-refractivity contribution in [2.45, 2.75) is 6.36 Å². The summed E-state index contributed by atoms with van der Waals surface area (Å²) in [4.78, 5) is 11.9. The Kier molecular flexibility index (Phi) is 4.02. The molecule has 0 bridgehead atoms. The number of carbonyl (C=O) groups excluding carboxylic acids is 1. The number of halogens is 3. The first-order valence-electron chi connectivity index (χ1n) is 5.71. The number of ether oxygens (including phenoxy) is 1. The Morgan fingerprint density at radius 1 is 1.29 bits per heavy atom. The molecule has 0 atom stereocenters. The van der Waals surface area contributed by atoms with Crippen LogP contribution >= 0.6 is 0 Å². The highest BCUT2D eigenvalue weighted by Crippen LogP contribution is 2.25. The Balaban J connectivity index is 2.15. The molecule has 0 aliphatic carbocycles. The van der Waals surface area contributed by atoms with E-state index in [1.54, 1.807) is 0 Å². The third-order valence-corrected chi connectivity index (χ3v) is 2.41. The molecule has 0 aliphatic rings. The molecule has 0 saturated carbocycles. The van der Waals surface area contributed by atoms with E-state index in [-0.39, 0.29) is 17.0 Å². The second-order valence-electron chi connectivity index (χ2n) is 3.97. The second kappa shape index (κ2) is 5.74. The van der Waals surface area contributed by atoms with Gasteiger partial charge in [-0.25, -0.2) is 0 Å². The molecule has 7 heteroatoms. The van der Waals surface area contributed by atoms with Crippen LogP contribution in [-0.4, -0.2) is 17.4 Å². The first kappa shape index (κ1) is 14.7.